The zero-order valence-electron chi connectivity index (χ0n) is 18.6. The number of aliphatic carboxylic acids is 1. The van der Waals surface area contributed by atoms with Gasteiger partial charge in [-0.2, -0.15) is 0 Å². The largest absolute Gasteiger partial charge is 0.480 e. The van der Waals surface area contributed by atoms with Crippen LogP contribution in [0.15, 0.2) is 42.5 Å². The van der Waals surface area contributed by atoms with Crippen molar-refractivity contribution in [1.82, 2.24) is 10.2 Å². The minimum Gasteiger partial charge on any atom is -0.480 e. The second-order valence-corrected chi connectivity index (χ2v) is 8.84. The molecule has 0 saturated heterocycles. The predicted molar refractivity (Wildman–Crippen MR) is 119 cm³/mol. The minimum absolute atomic E-state index is 0.105. The first kappa shape index (κ1) is 23.7. The Kier molecular flexibility index (Phi) is 8.24. The van der Waals surface area contributed by atoms with E-state index in [0.717, 1.165) is 22.8 Å². The zero-order valence-corrected chi connectivity index (χ0v) is 18.6. The number of ether oxygens (including phenoxy) is 1. The number of rotatable bonds is 9. The molecule has 164 valence electrons. The number of carboxylic acids is 1. The van der Waals surface area contributed by atoms with Crippen molar-refractivity contribution in [2.24, 2.45) is 5.92 Å². The normalized spacial score (nSPS) is 13.8. The van der Waals surface area contributed by atoms with Crippen LogP contribution in [0.5, 0.6) is 0 Å². The quantitative estimate of drug-likeness (QED) is 0.624. The summed E-state index contributed by atoms with van der Waals surface area (Å²) < 4.78 is 5.42. The monoisotopic (exact) mass is 414 g/mol. The number of carboxylic acid groups (broad SMARTS) is 1. The molecule has 0 radical (unpaired) electrons. The van der Waals surface area contributed by atoms with Crippen LogP contribution in [-0.4, -0.2) is 46.8 Å². The molecule has 1 amide bonds. The van der Waals surface area contributed by atoms with Crippen LogP contribution in [0.2, 0.25) is 0 Å². The smallest absolute Gasteiger partial charge is 0.407 e. The topological polar surface area (TPSA) is 78.9 Å². The van der Waals surface area contributed by atoms with E-state index in [0.29, 0.717) is 13.1 Å². The molecule has 0 aliphatic rings. The van der Waals surface area contributed by atoms with Crippen molar-refractivity contribution < 1.29 is 19.4 Å². The predicted octanol–water partition coefficient (Wildman–Crippen LogP) is 4.67. The SMILES string of the molecule is CCC(C)C(CN(CC(=O)O)Cc1cccc2ccccc12)NC(=O)OC(C)(C)C. The number of fused-ring (bicyclic) bond motifs is 1. The van der Waals surface area contributed by atoms with Crippen LogP contribution >= 0.6 is 0 Å². The Morgan fingerprint density at radius 3 is 2.43 bits per heavy atom. The minimum atomic E-state index is -0.893. The Bertz CT molecular complexity index is 854. The number of alkyl carbamates (subject to hydrolysis) is 1. The summed E-state index contributed by atoms with van der Waals surface area (Å²) in [6.07, 6.45) is 0.378. The highest BCUT2D eigenvalue weighted by Crippen LogP contribution is 2.21. The first-order valence-electron chi connectivity index (χ1n) is 10.5. The number of nitrogens with zero attached hydrogens (tertiary/aromatic N) is 1. The fourth-order valence-corrected chi connectivity index (χ4v) is 3.44. The number of carbonyl (C=O) groups excluding carboxylic acids is 1. The van der Waals surface area contributed by atoms with Gasteiger partial charge >= 0.3 is 12.1 Å². The Labute approximate surface area is 179 Å². The van der Waals surface area contributed by atoms with Gasteiger partial charge in [0.1, 0.15) is 5.60 Å². The molecule has 0 heterocycles. The molecule has 0 aliphatic carbocycles. The third-order valence-corrected chi connectivity index (χ3v) is 5.12. The Morgan fingerprint density at radius 2 is 1.80 bits per heavy atom. The molecule has 0 fully saturated rings. The molecule has 0 spiro atoms. The lowest BCUT2D eigenvalue weighted by molar-refractivity contribution is -0.138. The Hall–Kier alpha value is -2.60. The summed E-state index contributed by atoms with van der Waals surface area (Å²) in [6.45, 7) is 10.4. The van der Waals surface area contributed by atoms with Gasteiger partial charge in [-0.3, -0.25) is 9.69 Å². The van der Waals surface area contributed by atoms with Crippen molar-refractivity contribution in [2.75, 3.05) is 13.1 Å². The van der Waals surface area contributed by atoms with Crippen LogP contribution < -0.4 is 5.32 Å². The summed E-state index contributed by atoms with van der Waals surface area (Å²) >= 11 is 0. The van der Waals surface area contributed by atoms with E-state index in [1.54, 1.807) is 0 Å². The average molecular weight is 415 g/mol. The van der Waals surface area contributed by atoms with Gasteiger partial charge in [0.25, 0.3) is 0 Å². The van der Waals surface area contributed by atoms with Gasteiger partial charge in [0, 0.05) is 19.1 Å². The lowest BCUT2D eigenvalue weighted by Crippen LogP contribution is -2.49. The van der Waals surface area contributed by atoms with Crippen LogP contribution in [0.4, 0.5) is 4.79 Å². The number of carbonyl (C=O) groups is 2. The average Bonchev–Trinajstić information content (AvgIpc) is 2.65. The standard InChI is InChI=1S/C24H34N2O4/c1-6-17(2)21(25-23(29)30-24(3,4)5)15-26(16-22(27)28)14-19-12-9-11-18-10-7-8-13-20(18)19/h7-13,17,21H,6,14-16H2,1-5H3,(H,25,29)(H,27,28). The van der Waals surface area contributed by atoms with E-state index >= 15 is 0 Å². The summed E-state index contributed by atoms with van der Waals surface area (Å²) in [7, 11) is 0. The summed E-state index contributed by atoms with van der Waals surface area (Å²) in [5.74, 6) is -0.725. The lowest BCUT2D eigenvalue weighted by atomic mass is 9.98. The van der Waals surface area contributed by atoms with Crippen LogP contribution in [-0.2, 0) is 16.1 Å². The fraction of sp³-hybridized carbons (Fsp3) is 0.500. The Balaban J connectivity index is 2.22. The molecule has 6 heteroatoms. The maximum Gasteiger partial charge on any atom is 0.407 e. The first-order valence-corrected chi connectivity index (χ1v) is 10.5. The number of benzene rings is 2. The van der Waals surface area contributed by atoms with Crippen molar-refractivity contribution in [3.63, 3.8) is 0 Å². The maximum absolute atomic E-state index is 12.4. The van der Waals surface area contributed by atoms with Gasteiger partial charge in [0.2, 0.25) is 0 Å². The van der Waals surface area contributed by atoms with E-state index in [4.69, 9.17) is 4.74 Å². The number of amides is 1. The van der Waals surface area contributed by atoms with E-state index < -0.39 is 17.7 Å². The van der Waals surface area contributed by atoms with E-state index in [1.807, 2.05) is 62.1 Å². The second kappa shape index (κ2) is 10.4. The highest BCUT2D eigenvalue weighted by Gasteiger charge is 2.25. The molecule has 2 aromatic carbocycles. The van der Waals surface area contributed by atoms with Crippen molar-refractivity contribution in [3.05, 3.63) is 48.0 Å². The van der Waals surface area contributed by atoms with Gasteiger partial charge in [-0.15, -0.1) is 0 Å². The van der Waals surface area contributed by atoms with Crippen molar-refractivity contribution in [3.8, 4) is 0 Å². The fourth-order valence-electron chi connectivity index (χ4n) is 3.44. The van der Waals surface area contributed by atoms with Gasteiger partial charge < -0.3 is 15.2 Å². The Morgan fingerprint density at radius 1 is 1.13 bits per heavy atom. The lowest BCUT2D eigenvalue weighted by Gasteiger charge is -2.31. The molecule has 30 heavy (non-hydrogen) atoms. The summed E-state index contributed by atoms with van der Waals surface area (Å²) in [5, 5.41) is 14.6. The molecule has 2 atom stereocenters. The highest BCUT2D eigenvalue weighted by molar-refractivity contribution is 5.85. The van der Waals surface area contributed by atoms with Crippen LogP contribution in [0.1, 0.15) is 46.6 Å². The van der Waals surface area contributed by atoms with E-state index in [9.17, 15) is 14.7 Å². The van der Waals surface area contributed by atoms with E-state index in [-0.39, 0.29) is 18.5 Å². The van der Waals surface area contributed by atoms with Crippen LogP contribution in [0.25, 0.3) is 10.8 Å². The molecule has 0 aliphatic heterocycles. The third-order valence-electron chi connectivity index (χ3n) is 5.12. The van der Waals surface area contributed by atoms with Crippen molar-refractivity contribution in [1.29, 1.82) is 0 Å². The first-order chi connectivity index (χ1) is 14.1. The van der Waals surface area contributed by atoms with Gasteiger partial charge in [-0.1, -0.05) is 62.7 Å². The van der Waals surface area contributed by atoms with Gasteiger partial charge in [-0.05, 0) is 43.0 Å². The number of hydrogen-bond donors (Lipinski definition) is 2. The molecule has 0 saturated carbocycles. The third kappa shape index (κ3) is 7.34. The molecule has 2 aromatic rings. The number of nitrogens with one attached hydrogen (secondary N) is 1. The molecule has 6 nitrogen and oxygen atoms in total. The molecule has 2 N–H and O–H groups in total. The van der Waals surface area contributed by atoms with Crippen molar-refractivity contribution in [2.45, 2.75) is 59.2 Å². The van der Waals surface area contributed by atoms with Crippen LogP contribution in [0, 0.1) is 5.92 Å². The van der Waals surface area contributed by atoms with Gasteiger partial charge in [0.05, 0.1) is 6.54 Å². The van der Waals surface area contributed by atoms with Crippen molar-refractivity contribution >= 4 is 22.8 Å². The molecular formula is C24H34N2O4. The van der Waals surface area contributed by atoms with E-state index in [2.05, 4.69) is 25.2 Å². The summed E-state index contributed by atoms with van der Waals surface area (Å²) in [5.41, 5.74) is 0.475. The summed E-state index contributed by atoms with van der Waals surface area (Å²) in [4.78, 5) is 25.8. The second-order valence-electron chi connectivity index (χ2n) is 8.84. The van der Waals surface area contributed by atoms with Crippen LogP contribution in [0.3, 0.4) is 0 Å². The zero-order chi connectivity index (χ0) is 22.3. The maximum atomic E-state index is 12.4. The molecule has 0 aromatic heterocycles. The molecular weight excluding hydrogens is 380 g/mol. The molecule has 2 rings (SSSR count). The van der Waals surface area contributed by atoms with Gasteiger partial charge in [-0.25, -0.2) is 4.79 Å². The highest BCUT2D eigenvalue weighted by atomic mass is 16.6. The van der Waals surface area contributed by atoms with E-state index in [1.165, 1.54) is 0 Å². The molecule has 0 bridgehead atoms. The van der Waals surface area contributed by atoms with Gasteiger partial charge in [0.15, 0.2) is 0 Å². The molecule has 2 unspecified atom stereocenters. The number of hydrogen-bond acceptors (Lipinski definition) is 4. The summed E-state index contributed by atoms with van der Waals surface area (Å²) in [6, 6.07) is 13.9.